The van der Waals surface area contributed by atoms with E-state index in [0.717, 1.165) is 56.3 Å². The van der Waals surface area contributed by atoms with Gasteiger partial charge in [-0.2, -0.15) is 0 Å². The Morgan fingerprint density at radius 3 is 2.37 bits per heavy atom. The van der Waals surface area contributed by atoms with Crippen LogP contribution in [0.2, 0.25) is 5.02 Å². The summed E-state index contributed by atoms with van der Waals surface area (Å²) < 4.78 is 0. The normalized spacial score (nSPS) is 15.6. The molecule has 0 aliphatic carbocycles. The molecule has 1 N–H and O–H groups in total. The average molecular weight is 386 g/mol. The van der Waals surface area contributed by atoms with Crippen molar-refractivity contribution in [3.63, 3.8) is 0 Å². The van der Waals surface area contributed by atoms with Gasteiger partial charge in [0.25, 0.3) is 0 Å². The number of nitrogens with zero attached hydrogens (tertiary/aromatic N) is 2. The summed E-state index contributed by atoms with van der Waals surface area (Å²) in [5.74, 6) is 0.128. The monoisotopic (exact) mass is 385 g/mol. The minimum Gasteiger partial charge on any atom is -0.356 e. The molecule has 2 aromatic rings. The first kappa shape index (κ1) is 19.9. The summed E-state index contributed by atoms with van der Waals surface area (Å²) in [4.78, 5) is 16.9. The van der Waals surface area contributed by atoms with Crippen LogP contribution in [-0.2, 0) is 17.8 Å². The maximum atomic E-state index is 12.1. The van der Waals surface area contributed by atoms with Gasteiger partial charge in [-0.25, -0.2) is 0 Å². The van der Waals surface area contributed by atoms with E-state index in [9.17, 15) is 4.79 Å². The molecule has 1 heterocycles. The lowest BCUT2D eigenvalue weighted by molar-refractivity contribution is -0.121. The van der Waals surface area contributed by atoms with E-state index in [1.807, 2.05) is 24.3 Å². The van der Waals surface area contributed by atoms with Crippen molar-refractivity contribution in [1.82, 2.24) is 15.1 Å². The predicted molar refractivity (Wildman–Crippen MR) is 111 cm³/mol. The molecule has 1 fully saturated rings. The van der Waals surface area contributed by atoms with Crippen molar-refractivity contribution in [3.05, 3.63) is 70.7 Å². The molecule has 1 aliphatic heterocycles. The van der Waals surface area contributed by atoms with Crippen molar-refractivity contribution in [2.75, 3.05) is 39.3 Å². The van der Waals surface area contributed by atoms with Gasteiger partial charge in [0.05, 0.1) is 0 Å². The van der Waals surface area contributed by atoms with Crippen LogP contribution in [0.5, 0.6) is 0 Å². The highest BCUT2D eigenvalue weighted by molar-refractivity contribution is 6.30. The molecule has 1 saturated heterocycles. The molecule has 0 unspecified atom stereocenters. The second kappa shape index (κ2) is 10.5. The van der Waals surface area contributed by atoms with Crippen LogP contribution >= 0.6 is 11.6 Å². The number of hydrogen-bond acceptors (Lipinski definition) is 3. The summed E-state index contributed by atoms with van der Waals surface area (Å²) in [6.45, 7) is 6.69. The van der Waals surface area contributed by atoms with Crippen molar-refractivity contribution in [2.24, 2.45) is 0 Å². The molecule has 27 heavy (non-hydrogen) atoms. The fourth-order valence-electron chi connectivity index (χ4n) is 3.40. The fraction of sp³-hybridized carbons (Fsp3) is 0.409. The Morgan fingerprint density at radius 1 is 0.926 bits per heavy atom. The lowest BCUT2D eigenvalue weighted by Crippen LogP contribution is -2.46. The Balaban J connectivity index is 1.28. The van der Waals surface area contributed by atoms with E-state index in [1.54, 1.807) is 0 Å². The van der Waals surface area contributed by atoms with Gasteiger partial charge in [-0.3, -0.25) is 9.69 Å². The zero-order chi connectivity index (χ0) is 18.9. The molecule has 0 aromatic heterocycles. The molecule has 3 rings (SSSR count). The third kappa shape index (κ3) is 6.98. The van der Waals surface area contributed by atoms with Gasteiger partial charge in [-0.15, -0.1) is 0 Å². The highest BCUT2D eigenvalue weighted by Crippen LogP contribution is 2.11. The second-order valence-electron chi connectivity index (χ2n) is 7.08. The lowest BCUT2D eigenvalue weighted by atomic mass is 10.1. The molecule has 5 heteroatoms. The molecule has 0 spiro atoms. The Hall–Kier alpha value is -1.88. The molecule has 0 saturated carbocycles. The van der Waals surface area contributed by atoms with Crippen LogP contribution in [0.25, 0.3) is 0 Å². The van der Waals surface area contributed by atoms with E-state index in [1.165, 1.54) is 5.56 Å². The molecule has 0 bridgehead atoms. The molecule has 4 nitrogen and oxygen atoms in total. The first-order valence-electron chi connectivity index (χ1n) is 9.69. The number of halogens is 1. The van der Waals surface area contributed by atoms with Crippen LogP contribution in [0.1, 0.15) is 17.5 Å². The van der Waals surface area contributed by atoms with Gasteiger partial charge < -0.3 is 10.2 Å². The zero-order valence-corrected chi connectivity index (χ0v) is 16.5. The summed E-state index contributed by atoms with van der Waals surface area (Å²) in [5.41, 5.74) is 2.52. The van der Waals surface area contributed by atoms with E-state index in [4.69, 9.17) is 11.6 Å². The summed E-state index contributed by atoms with van der Waals surface area (Å²) >= 11 is 5.98. The molecule has 0 atom stereocenters. The quantitative estimate of drug-likeness (QED) is 0.757. The van der Waals surface area contributed by atoms with Gasteiger partial charge in [0.15, 0.2) is 0 Å². The van der Waals surface area contributed by atoms with E-state index >= 15 is 0 Å². The Morgan fingerprint density at radius 2 is 1.63 bits per heavy atom. The highest BCUT2D eigenvalue weighted by Gasteiger charge is 2.17. The molecule has 144 valence electrons. The number of benzene rings is 2. The third-order valence-corrected chi connectivity index (χ3v) is 5.23. The standard InChI is InChI=1S/C22H28ClN3O/c23-21-8-4-7-19(17-21)9-11-24-22(27)10-12-25-13-15-26(16-14-25)18-20-5-2-1-3-6-20/h1-8,17H,9-16,18H2,(H,24,27). The summed E-state index contributed by atoms with van der Waals surface area (Å²) in [6, 6.07) is 18.4. The Bertz CT molecular complexity index is 715. The molecule has 1 aliphatic rings. The van der Waals surface area contributed by atoms with Crippen LogP contribution in [-0.4, -0.2) is 55.0 Å². The smallest absolute Gasteiger partial charge is 0.221 e. The third-order valence-electron chi connectivity index (χ3n) is 4.99. The largest absolute Gasteiger partial charge is 0.356 e. The van der Waals surface area contributed by atoms with Crippen molar-refractivity contribution in [3.8, 4) is 0 Å². The highest BCUT2D eigenvalue weighted by atomic mass is 35.5. The molecule has 1 amide bonds. The summed E-state index contributed by atoms with van der Waals surface area (Å²) in [5, 5.41) is 3.75. The molecule has 2 aromatic carbocycles. The maximum Gasteiger partial charge on any atom is 0.221 e. The average Bonchev–Trinajstić information content (AvgIpc) is 2.68. The van der Waals surface area contributed by atoms with Gasteiger partial charge in [0, 0.05) is 57.3 Å². The number of amides is 1. The zero-order valence-electron chi connectivity index (χ0n) is 15.7. The number of carbonyl (C=O) groups excluding carboxylic acids is 1. The van der Waals surface area contributed by atoms with E-state index in [0.29, 0.717) is 13.0 Å². The fourth-order valence-corrected chi connectivity index (χ4v) is 3.61. The second-order valence-corrected chi connectivity index (χ2v) is 7.52. The van der Waals surface area contributed by atoms with Gasteiger partial charge in [-0.05, 0) is 29.7 Å². The first-order valence-corrected chi connectivity index (χ1v) is 10.1. The van der Waals surface area contributed by atoms with E-state index in [-0.39, 0.29) is 5.91 Å². The molecule has 0 radical (unpaired) electrons. The maximum absolute atomic E-state index is 12.1. The molecular formula is C22H28ClN3O. The number of piperazine rings is 1. The number of nitrogens with one attached hydrogen (secondary N) is 1. The van der Waals surface area contributed by atoms with Crippen molar-refractivity contribution in [1.29, 1.82) is 0 Å². The molecular weight excluding hydrogens is 358 g/mol. The number of hydrogen-bond donors (Lipinski definition) is 1. The van der Waals surface area contributed by atoms with Crippen molar-refractivity contribution in [2.45, 2.75) is 19.4 Å². The van der Waals surface area contributed by atoms with Crippen LogP contribution in [0.15, 0.2) is 54.6 Å². The number of carbonyl (C=O) groups is 1. The first-order chi connectivity index (χ1) is 13.2. The van der Waals surface area contributed by atoms with Crippen molar-refractivity contribution < 1.29 is 4.79 Å². The van der Waals surface area contributed by atoms with E-state index < -0.39 is 0 Å². The van der Waals surface area contributed by atoms with E-state index in [2.05, 4.69) is 45.4 Å². The predicted octanol–water partition coefficient (Wildman–Crippen LogP) is 3.21. The summed E-state index contributed by atoms with van der Waals surface area (Å²) in [7, 11) is 0. The summed E-state index contributed by atoms with van der Waals surface area (Å²) in [6.07, 6.45) is 1.37. The topological polar surface area (TPSA) is 35.6 Å². The van der Waals surface area contributed by atoms with Crippen LogP contribution in [0, 0.1) is 0 Å². The SMILES string of the molecule is O=C(CCN1CCN(Cc2ccccc2)CC1)NCCc1cccc(Cl)c1. The van der Waals surface area contributed by atoms with Crippen LogP contribution < -0.4 is 5.32 Å². The van der Waals surface area contributed by atoms with Gasteiger partial charge in [0.2, 0.25) is 5.91 Å². The van der Waals surface area contributed by atoms with Crippen LogP contribution in [0.3, 0.4) is 0 Å². The number of rotatable bonds is 8. The van der Waals surface area contributed by atoms with Gasteiger partial charge in [0.1, 0.15) is 0 Å². The van der Waals surface area contributed by atoms with Crippen LogP contribution in [0.4, 0.5) is 0 Å². The van der Waals surface area contributed by atoms with Gasteiger partial charge >= 0.3 is 0 Å². The van der Waals surface area contributed by atoms with Gasteiger partial charge in [-0.1, -0.05) is 54.1 Å². The lowest BCUT2D eigenvalue weighted by Gasteiger charge is -2.34. The minimum atomic E-state index is 0.128. The Kier molecular flexibility index (Phi) is 7.69. The Labute approximate surface area is 167 Å². The minimum absolute atomic E-state index is 0.128. The van der Waals surface area contributed by atoms with Crippen molar-refractivity contribution >= 4 is 17.5 Å².